The van der Waals surface area contributed by atoms with Crippen LogP contribution in [0.1, 0.15) is 21.6 Å². The second kappa shape index (κ2) is 6.31. The summed E-state index contributed by atoms with van der Waals surface area (Å²) in [7, 11) is 0. The zero-order valence-electron chi connectivity index (χ0n) is 15.5. The van der Waals surface area contributed by atoms with E-state index in [9.17, 15) is 9.59 Å². The Bertz CT molecular complexity index is 1260. The van der Waals surface area contributed by atoms with Gasteiger partial charge < -0.3 is 5.32 Å². The van der Waals surface area contributed by atoms with Crippen LogP contribution in [-0.4, -0.2) is 25.1 Å². The number of thiophene rings is 1. The summed E-state index contributed by atoms with van der Waals surface area (Å²) in [6.07, 6.45) is 1.55. The molecule has 3 heterocycles. The lowest BCUT2D eigenvalue weighted by atomic mass is 10.1. The summed E-state index contributed by atoms with van der Waals surface area (Å²) in [6, 6.07) is 5.80. The maximum atomic E-state index is 12.5. The molecule has 7 nitrogen and oxygen atoms in total. The predicted octanol–water partition coefficient (Wildman–Crippen LogP) is 2.98. The van der Waals surface area contributed by atoms with Gasteiger partial charge in [-0.05, 0) is 44.9 Å². The number of anilines is 1. The Morgan fingerprint density at radius 2 is 2.00 bits per heavy atom. The monoisotopic (exact) mass is 381 g/mol. The first kappa shape index (κ1) is 17.4. The van der Waals surface area contributed by atoms with E-state index in [-0.39, 0.29) is 12.5 Å². The van der Waals surface area contributed by atoms with Gasteiger partial charge in [-0.2, -0.15) is 4.98 Å². The number of carbonyl (C=O) groups is 1. The highest BCUT2D eigenvalue weighted by atomic mass is 32.1. The molecule has 1 aromatic carbocycles. The van der Waals surface area contributed by atoms with Crippen molar-refractivity contribution < 1.29 is 4.79 Å². The van der Waals surface area contributed by atoms with Gasteiger partial charge in [0.05, 0.1) is 5.39 Å². The molecule has 0 spiro atoms. The van der Waals surface area contributed by atoms with E-state index in [0.717, 1.165) is 37.5 Å². The molecule has 0 radical (unpaired) electrons. The fraction of sp³-hybridized carbons (Fsp3) is 0.263. The molecule has 8 heteroatoms. The maximum absolute atomic E-state index is 12.5. The number of rotatable bonds is 3. The highest BCUT2D eigenvalue weighted by molar-refractivity contribution is 7.18. The van der Waals surface area contributed by atoms with Gasteiger partial charge in [-0.3, -0.25) is 4.79 Å². The highest BCUT2D eigenvalue weighted by Crippen LogP contribution is 2.30. The number of aryl methyl sites for hydroxylation is 4. The molecule has 3 aromatic heterocycles. The Labute approximate surface area is 159 Å². The lowest BCUT2D eigenvalue weighted by molar-refractivity contribution is -0.117. The van der Waals surface area contributed by atoms with Crippen LogP contribution >= 0.6 is 11.3 Å². The van der Waals surface area contributed by atoms with Crippen LogP contribution < -0.4 is 11.0 Å². The molecule has 4 rings (SSSR count). The zero-order chi connectivity index (χ0) is 19.3. The smallest absolute Gasteiger partial charge is 0.324 e. The number of carbonyl (C=O) groups excluding carboxylic acids is 1. The van der Waals surface area contributed by atoms with Crippen LogP contribution in [0.2, 0.25) is 0 Å². The van der Waals surface area contributed by atoms with Gasteiger partial charge in [0.1, 0.15) is 17.7 Å². The van der Waals surface area contributed by atoms with E-state index in [1.165, 1.54) is 4.68 Å². The van der Waals surface area contributed by atoms with Gasteiger partial charge in [0, 0.05) is 10.6 Å². The maximum Gasteiger partial charge on any atom is 0.365 e. The average Bonchev–Trinajstić information content (AvgIpc) is 3.07. The first-order valence-electron chi connectivity index (χ1n) is 8.56. The zero-order valence-corrected chi connectivity index (χ0v) is 16.3. The van der Waals surface area contributed by atoms with Crippen molar-refractivity contribution in [3.63, 3.8) is 0 Å². The molecule has 0 aliphatic carbocycles. The number of nitrogens with one attached hydrogen (secondary N) is 1. The van der Waals surface area contributed by atoms with Crippen LogP contribution in [0.25, 0.3) is 15.9 Å². The largest absolute Gasteiger partial charge is 0.365 e. The SMILES string of the molecule is Cc1ccc(NC(=O)Cn2c(=O)nc3c4c(C)c(C)sc4ncn32)c(C)c1. The summed E-state index contributed by atoms with van der Waals surface area (Å²) in [5.41, 5.74) is 3.96. The summed E-state index contributed by atoms with van der Waals surface area (Å²) >= 11 is 1.57. The first-order chi connectivity index (χ1) is 12.8. The summed E-state index contributed by atoms with van der Waals surface area (Å²) in [5.74, 6) is -0.288. The van der Waals surface area contributed by atoms with Crippen LogP contribution in [0.15, 0.2) is 29.3 Å². The Morgan fingerprint density at radius 3 is 2.74 bits per heavy atom. The Kier molecular flexibility index (Phi) is 4.07. The van der Waals surface area contributed by atoms with E-state index in [0.29, 0.717) is 5.65 Å². The molecule has 0 bridgehead atoms. The van der Waals surface area contributed by atoms with E-state index >= 15 is 0 Å². The van der Waals surface area contributed by atoms with Gasteiger partial charge in [0.25, 0.3) is 0 Å². The second-order valence-electron chi connectivity index (χ2n) is 6.69. The molecule has 0 fully saturated rings. The van der Waals surface area contributed by atoms with Gasteiger partial charge in [0.15, 0.2) is 5.65 Å². The van der Waals surface area contributed by atoms with Crippen LogP contribution in [0.5, 0.6) is 0 Å². The van der Waals surface area contributed by atoms with Crippen LogP contribution in [0.4, 0.5) is 5.69 Å². The third-order valence-electron chi connectivity index (χ3n) is 4.72. The molecule has 0 unspecified atom stereocenters. The lowest BCUT2D eigenvalue weighted by Gasteiger charge is -2.10. The Morgan fingerprint density at radius 1 is 1.22 bits per heavy atom. The third-order valence-corrected chi connectivity index (χ3v) is 5.84. The molecular formula is C19H19N5O2S. The van der Waals surface area contributed by atoms with Crippen molar-refractivity contribution in [1.82, 2.24) is 19.2 Å². The fourth-order valence-corrected chi connectivity index (χ4v) is 4.18. The molecule has 0 atom stereocenters. The van der Waals surface area contributed by atoms with E-state index in [1.807, 2.05) is 45.9 Å². The normalized spacial score (nSPS) is 11.4. The standard InChI is InChI=1S/C19H19N5O2S/c1-10-5-6-14(11(2)7-10)21-15(25)8-23-19(26)22-17-16-12(3)13(4)27-18(16)20-9-24(17)23/h5-7,9H,8H2,1-4H3,(H,21,25). The number of amides is 1. The molecule has 138 valence electrons. The van der Waals surface area contributed by atoms with Crippen molar-refractivity contribution in [2.75, 3.05) is 5.32 Å². The molecule has 4 aromatic rings. The molecule has 1 N–H and O–H groups in total. The van der Waals surface area contributed by atoms with Crippen molar-refractivity contribution in [3.05, 3.63) is 56.6 Å². The Hall–Kier alpha value is -3.00. The number of hydrogen-bond donors (Lipinski definition) is 1. The first-order valence-corrected chi connectivity index (χ1v) is 9.38. The number of benzene rings is 1. The van der Waals surface area contributed by atoms with E-state index in [1.54, 1.807) is 22.2 Å². The molecule has 0 aliphatic rings. The van der Waals surface area contributed by atoms with Gasteiger partial charge in [-0.25, -0.2) is 19.0 Å². The van der Waals surface area contributed by atoms with Crippen molar-refractivity contribution in [3.8, 4) is 0 Å². The third kappa shape index (κ3) is 2.91. The van der Waals surface area contributed by atoms with Gasteiger partial charge in [0.2, 0.25) is 5.91 Å². The topological polar surface area (TPSA) is 81.3 Å². The summed E-state index contributed by atoms with van der Waals surface area (Å²) in [4.78, 5) is 35.5. The number of nitrogens with zero attached hydrogens (tertiary/aromatic N) is 4. The van der Waals surface area contributed by atoms with Gasteiger partial charge in [-0.15, -0.1) is 11.3 Å². The molecule has 0 saturated heterocycles. The number of hydrogen-bond acceptors (Lipinski definition) is 5. The molecule has 0 saturated carbocycles. The van der Waals surface area contributed by atoms with Crippen LogP contribution in [-0.2, 0) is 11.3 Å². The molecule has 27 heavy (non-hydrogen) atoms. The fourth-order valence-electron chi connectivity index (χ4n) is 3.19. The highest BCUT2D eigenvalue weighted by Gasteiger charge is 2.17. The van der Waals surface area contributed by atoms with Crippen LogP contribution in [0, 0.1) is 27.7 Å². The number of aromatic nitrogens is 4. The quantitative estimate of drug-likeness (QED) is 0.592. The van der Waals surface area contributed by atoms with Gasteiger partial charge in [-0.1, -0.05) is 17.7 Å². The predicted molar refractivity (Wildman–Crippen MR) is 107 cm³/mol. The van der Waals surface area contributed by atoms with Crippen molar-refractivity contribution >= 4 is 38.8 Å². The molecule has 0 aliphatic heterocycles. The minimum Gasteiger partial charge on any atom is -0.324 e. The molecule has 1 amide bonds. The number of fused-ring (bicyclic) bond motifs is 3. The van der Waals surface area contributed by atoms with Gasteiger partial charge >= 0.3 is 5.69 Å². The van der Waals surface area contributed by atoms with Crippen molar-refractivity contribution in [2.24, 2.45) is 0 Å². The minimum absolute atomic E-state index is 0.136. The van der Waals surface area contributed by atoms with E-state index < -0.39 is 5.69 Å². The van der Waals surface area contributed by atoms with Crippen molar-refractivity contribution in [1.29, 1.82) is 0 Å². The van der Waals surface area contributed by atoms with Crippen molar-refractivity contribution in [2.45, 2.75) is 34.2 Å². The summed E-state index contributed by atoms with van der Waals surface area (Å²) in [6.45, 7) is 7.81. The Balaban J connectivity index is 1.71. The summed E-state index contributed by atoms with van der Waals surface area (Å²) < 4.78 is 2.86. The van der Waals surface area contributed by atoms with E-state index in [2.05, 4.69) is 15.3 Å². The van der Waals surface area contributed by atoms with Crippen LogP contribution in [0.3, 0.4) is 0 Å². The summed E-state index contributed by atoms with van der Waals surface area (Å²) in [5, 5.41) is 3.73. The average molecular weight is 381 g/mol. The van der Waals surface area contributed by atoms with E-state index in [4.69, 9.17) is 0 Å². The lowest BCUT2D eigenvalue weighted by Crippen LogP contribution is -2.28. The molecular weight excluding hydrogens is 362 g/mol. The minimum atomic E-state index is -0.469. The second-order valence-corrected chi connectivity index (χ2v) is 7.90.